The molecule has 0 aliphatic heterocycles. The summed E-state index contributed by atoms with van der Waals surface area (Å²) in [4.78, 5) is 13.0. The van der Waals surface area contributed by atoms with Gasteiger partial charge in [0.2, 0.25) is 0 Å². The number of rotatable bonds is 5. The lowest BCUT2D eigenvalue weighted by Crippen LogP contribution is -2.33. The van der Waals surface area contributed by atoms with Crippen molar-refractivity contribution in [3.8, 4) is 0 Å². The van der Waals surface area contributed by atoms with Crippen LogP contribution in [0.2, 0.25) is 0 Å². The summed E-state index contributed by atoms with van der Waals surface area (Å²) >= 11 is 0. The number of hydrogen-bond donors (Lipinski definition) is 2. The van der Waals surface area contributed by atoms with Crippen molar-refractivity contribution in [1.82, 2.24) is 10.5 Å². The lowest BCUT2D eigenvalue weighted by Gasteiger charge is -2.25. The highest BCUT2D eigenvalue weighted by atomic mass is 16.5. The molecule has 1 aromatic heterocycles. The van der Waals surface area contributed by atoms with Gasteiger partial charge in [-0.15, -0.1) is 0 Å². The number of benzene rings is 2. The highest BCUT2D eigenvalue weighted by Crippen LogP contribution is 2.30. The average molecular weight is 362 g/mol. The van der Waals surface area contributed by atoms with Crippen molar-refractivity contribution in [2.75, 3.05) is 0 Å². The Hall–Kier alpha value is -2.92. The van der Waals surface area contributed by atoms with Gasteiger partial charge in [-0.05, 0) is 30.4 Å². The zero-order valence-corrected chi connectivity index (χ0v) is 15.0. The van der Waals surface area contributed by atoms with E-state index in [1.54, 1.807) is 0 Å². The van der Waals surface area contributed by atoms with Gasteiger partial charge in [-0.2, -0.15) is 0 Å². The maximum Gasteiger partial charge on any atom is 0.274 e. The molecule has 1 heterocycles. The first kappa shape index (κ1) is 17.5. The van der Waals surface area contributed by atoms with Gasteiger partial charge in [0.25, 0.3) is 5.91 Å². The van der Waals surface area contributed by atoms with Crippen LogP contribution in [0.4, 0.5) is 0 Å². The fourth-order valence-corrected chi connectivity index (χ4v) is 3.62. The molecule has 0 saturated carbocycles. The Balaban J connectivity index is 1.63. The Kier molecular flexibility index (Phi) is 5.03. The molecule has 1 aliphatic rings. The number of fused-ring (bicyclic) bond motifs is 1. The van der Waals surface area contributed by atoms with E-state index in [4.69, 9.17) is 4.52 Å². The number of carbonyl (C=O) groups is 1. The number of aliphatic hydroxyl groups excluding tert-OH is 1. The van der Waals surface area contributed by atoms with E-state index in [-0.39, 0.29) is 5.91 Å². The maximum absolute atomic E-state index is 13.0. The summed E-state index contributed by atoms with van der Waals surface area (Å²) in [7, 11) is 0. The molecular weight excluding hydrogens is 340 g/mol. The Morgan fingerprint density at radius 1 is 0.963 bits per heavy atom. The van der Waals surface area contributed by atoms with E-state index < -0.39 is 12.1 Å². The van der Waals surface area contributed by atoms with Gasteiger partial charge in [0.05, 0.1) is 6.04 Å². The zero-order chi connectivity index (χ0) is 18.6. The second-order valence-corrected chi connectivity index (χ2v) is 6.86. The van der Waals surface area contributed by atoms with Crippen molar-refractivity contribution >= 4 is 5.91 Å². The maximum atomic E-state index is 13.0. The third kappa shape index (κ3) is 3.64. The van der Waals surface area contributed by atoms with Crippen LogP contribution in [0.15, 0.2) is 65.2 Å². The van der Waals surface area contributed by atoms with Crippen LogP contribution in [0, 0.1) is 0 Å². The topological polar surface area (TPSA) is 75.4 Å². The molecule has 5 nitrogen and oxygen atoms in total. The van der Waals surface area contributed by atoms with Crippen molar-refractivity contribution in [2.45, 2.75) is 37.8 Å². The molecule has 2 atom stereocenters. The summed E-state index contributed by atoms with van der Waals surface area (Å²) < 4.78 is 5.37. The minimum absolute atomic E-state index is 0.314. The summed E-state index contributed by atoms with van der Waals surface area (Å²) in [6.07, 6.45) is 2.84. The van der Waals surface area contributed by atoms with Crippen LogP contribution in [0.1, 0.15) is 57.9 Å². The SMILES string of the molecule is O=C(NC(c1ccccc1)[C@H](O)c1ccccc1)c1noc2c1CCCC2. The average Bonchev–Trinajstić information content (AvgIpc) is 3.17. The summed E-state index contributed by atoms with van der Waals surface area (Å²) in [6, 6.07) is 18.2. The highest BCUT2D eigenvalue weighted by Gasteiger charge is 2.29. The van der Waals surface area contributed by atoms with E-state index >= 15 is 0 Å². The third-order valence-electron chi connectivity index (χ3n) is 5.07. The lowest BCUT2D eigenvalue weighted by molar-refractivity contribution is 0.0822. The smallest absolute Gasteiger partial charge is 0.274 e. The molecule has 2 aromatic carbocycles. The molecule has 0 fully saturated rings. The number of nitrogens with one attached hydrogen (secondary N) is 1. The number of aromatic nitrogens is 1. The van der Waals surface area contributed by atoms with Crippen LogP contribution in [0.25, 0.3) is 0 Å². The van der Waals surface area contributed by atoms with E-state index in [0.29, 0.717) is 5.69 Å². The first-order valence-electron chi connectivity index (χ1n) is 9.30. The Morgan fingerprint density at radius 2 is 1.59 bits per heavy atom. The molecule has 4 rings (SSSR count). The van der Waals surface area contributed by atoms with Gasteiger partial charge in [-0.3, -0.25) is 4.79 Å². The number of nitrogens with zero attached hydrogens (tertiary/aromatic N) is 1. The van der Waals surface area contributed by atoms with Crippen molar-refractivity contribution in [2.24, 2.45) is 0 Å². The van der Waals surface area contributed by atoms with Crippen LogP contribution >= 0.6 is 0 Å². The minimum atomic E-state index is -0.875. The number of amides is 1. The van der Waals surface area contributed by atoms with Crippen molar-refractivity contribution < 1.29 is 14.4 Å². The molecule has 1 aliphatic carbocycles. The number of hydrogen-bond acceptors (Lipinski definition) is 4. The van der Waals surface area contributed by atoms with Crippen molar-refractivity contribution in [3.05, 3.63) is 88.8 Å². The Labute approximate surface area is 158 Å². The molecule has 0 spiro atoms. The minimum Gasteiger partial charge on any atom is -0.386 e. The van der Waals surface area contributed by atoms with Crippen LogP contribution in [-0.2, 0) is 12.8 Å². The highest BCUT2D eigenvalue weighted by molar-refractivity contribution is 5.94. The number of carbonyl (C=O) groups excluding carboxylic acids is 1. The van der Waals surface area contributed by atoms with Crippen LogP contribution in [0.5, 0.6) is 0 Å². The summed E-state index contributed by atoms with van der Waals surface area (Å²) in [6.45, 7) is 0. The summed E-state index contributed by atoms with van der Waals surface area (Å²) in [5, 5.41) is 17.9. The zero-order valence-electron chi connectivity index (χ0n) is 15.0. The second kappa shape index (κ2) is 7.76. The fourth-order valence-electron chi connectivity index (χ4n) is 3.62. The monoisotopic (exact) mass is 362 g/mol. The van der Waals surface area contributed by atoms with Gasteiger partial charge >= 0.3 is 0 Å². The Morgan fingerprint density at radius 3 is 2.30 bits per heavy atom. The van der Waals surface area contributed by atoms with Crippen molar-refractivity contribution in [3.63, 3.8) is 0 Å². The predicted molar refractivity (Wildman–Crippen MR) is 101 cm³/mol. The molecule has 2 N–H and O–H groups in total. The van der Waals surface area contributed by atoms with Gasteiger partial charge < -0.3 is 14.9 Å². The molecule has 1 unspecified atom stereocenters. The third-order valence-corrected chi connectivity index (χ3v) is 5.07. The molecule has 5 heteroatoms. The summed E-state index contributed by atoms with van der Waals surface area (Å²) in [5.74, 6) is 0.497. The molecule has 1 amide bonds. The fraction of sp³-hybridized carbons (Fsp3) is 0.273. The van der Waals surface area contributed by atoms with Gasteiger partial charge in [0, 0.05) is 12.0 Å². The second-order valence-electron chi connectivity index (χ2n) is 6.86. The normalized spacial score (nSPS) is 15.6. The van der Waals surface area contributed by atoms with E-state index in [1.165, 1.54) is 0 Å². The van der Waals surface area contributed by atoms with Gasteiger partial charge in [0.1, 0.15) is 11.9 Å². The molecule has 0 radical (unpaired) electrons. The van der Waals surface area contributed by atoms with E-state index in [1.807, 2.05) is 60.7 Å². The van der Waals surface area contributed by atoms with Crippen LogP contribution < -0.4 is 5.32 Å². The van der Waals surface area contributed by atoms with E-state index in [0.717, 1.165) is 48.1 Å². The van der Waals surface area contributed by atoms with Crippen LogP contribution in [-0.4, -0.2) is 16.2 Å². The van der Waals surface area contributed by atoms with E-state index in [9.17, 15) is 9.90 Å². The lowest BCUT2D eigenvalue weighted by atomic mass is 9.94. The molecule has 3 aromatic rings. The predicted octanol–water partition coefficient (Wildman–Crippen LogP) is 3.76. The van der Waals surface area contributed by atoms with Gasteiger partial charge in [-0.25, -0.2) is 0 Å². The van der Waals surface area contributed by atoms with Crippen molar-refractivity contribution in [1.29, 1.82) is 0 Å². The molecular formula is C22H22N2O3. The standard InChI is InChI=1S/C22H22N2O3/c25-21(16-11-5-2-6-12-16)19(15-9-3-1-4-10-15)23-22(26)20-17-13-7-8-14-18(17)27-24-20/h1-6,9-12,19,21,25H,7-8,13-14H2,(H,23,26)/t19?,21-/m1/s1. The first-order chi connectivity index (χ1) is 13.2. The largest absolute Gasteiger partial charge is 0.386 e. The number of aryl methyl sites for hydroxylation is 1. The van der Waals surface area contributed by atoms with E-state index in [2.05, 4.69) is 10.5 Å². The Bertz CT molecular complexity index is 906. The van der Waals surface area contributed by atoms with Crippen LogP contribution in [0.3, 0.4) is 0 Å². The molecule has 0 bridgehead atoms. The summed E-state index contributed by atoms with van der Waals surface area (Å²) in [5.41, 5.74) is 2.82. The molecule has 0 saturated heterocycles. The molecule has 138 valence electrons. The quantitative estimate of drug-likeness (QED) is 0.725. The van der Waals surface area contributed by atoms with Gasteiger partial charge in [-0.1, -0.05) is 65.8 Å². The first-order valence-corrected chi connectivity index (χ1v) is 9.30. The number of aliphatic hydroxyl groups is 1. The van der Waals surface area contributed by atoms with Gasteiger partial charge in [0.15, 0.2) is 5.69 Å². The molecule has 27 heavy (non-hydrogen) atoms.